The molecule has 23 heavy (non-hydrogen) atoms. The molecule has 9 heteroatoms. The number of nitro benzene ring substituents is 1. The number of aromatic nitrogens is 4. The minimum absolute atomic E-state index is 0.00479. The Morgan fingerprint density at radius 3 is 2.91 bits per heavy atom. The minimum atomic E-state index is -0.548. The monoisotopic (exact) mass is 333 g/mol. The fourth-order valence-corrected chi connectivity index (χ4v) is 2.35. The number of hydrogen-bond acceptors (Lipinski definition) is 6. The molecule has 0 unspecified atom stereocenters. The van der Waals surface area contributed by atoms with Crippen LogP contribution < -0.4 is 4.74 Å². The molecule has 0 bridgehead atoms. The third-order valence-electron chi connectivity index (χ3n) is 3.12. The van der Waals surface area contributed by atoms with E-state index < -0.39 is 4.92 Å². The van der Waals surface area contributed by atoms with Crippen molar-refractivity contribution in [1.29, 1.82) is 0 Å². The maximum absolute atomic E-state index is 10.8. The molecule has 8 nitrogen and oxygen atoms in total. The maximum atomic E-state index is 10.8. The van der Waals surface area contributed by atoms with Crippen LogP contribution in [0.3, 0.4) is 0 Å². The van der Waals surface area contributed by atoms with Gasteiger partial charge >= 0.3 is 0 Å². The van der Waals surface area contributed by atoms with E-state index >= 15 is 0 Å². The zero-order chi connectivity index (χ0) is 16.4. The third-order valence-corrected chi connectivity index (χ3v) is 3.42. The van der Waals surface area contributed by atoms with E-state index in [2.05, 4.69) is 15.1 Å². The van der Waals surface area contributed by atoms with Crippen LogP contribution in [0.4, 0.5) is 5.69 Å². The quantitative estimate of drug-likeness (QED) is 0.524. The van der Waals surface area contributed by atoms with E-state index in [9.17, 15) is 10.1 Å². The zero-order valence-electron chi connectivity index (χ0n) is 12.1. The van der Waals surface area contributed by atoms with Crippen LogP contribution in [-0.2, 0) is 6.42 Å². The van der Waals surface area contributed by atoms with Crippen LogP contribution in [0.5, 0.6) is 11.6 Å². The molecule has 0 saturated heterocycles. The molecule has 118 valence electrons. The largest absolute Gasteiger partial charge is 0.439 e. The van der Waals surface area contributed by atoms with Crippen molar-refractivity contribution in [3.8, 4) is 11.6 Å². The molecule has 1 aromatic carbocycles. The van der Waals surface area contributed by atoms with E-state index in [1.807, 2.05) is 6.92 Å². The molecule has 0 aliphatic carbocycles. The lowest BCUT2D eigenvalue weighted by Gasteiger charge is -2.09. The summed E-state index contributed by atoms with van der Waals surface area (Å²) in [6, 6.07) is 5.93. The molecule has 0 amide bonds. The Hall–Kier alpha value is -2.74. The van der Waals surface area contributed by atoms with Gasteiger partial charge in [-0.15, -0.1) is 0 Å². The summed E-state index contributed by atoms with van der Waals surface area (Å²) in [5.74, 6) is 1.21. The third kappa shape index (κ3) is 3.07. The van der Waals surface area contributed by atoms with E-state index in [1.54, 1.807) is 6.07 Å². The van der Waals surface area contributed by atoms with Gasteiger partial charge < -0.3 is 4.74 Å². The van der Waals surface area contributed by atoms with Gasteiger partial charge in [-0.05, 0) is 12.5 Å². The number of fused-ring (bicyclic) bond motifs is 1. The standard InChI is InChI=1S/C14H12ClN5O3/c1-2-3-9-6-13(19-14(18-9)16-8-17-19)23-10-4-5-12(20(21)22)11(15)7-10/h4-8H,2-3H2,1H3. The Morgan fingerprint density at radius 1 is 1.39 bits per heavy atom. The first kappa shape index (κ1) is 15.2. The van der Waals surface area contributed by atoms with E-state index in [4.69, 9.17) is 16.3 Å². The number of benzene rings is 1. The van der Waals surface area contributed by atoms with Gasteiger partial charge in [0.25, 0.3) is 11.5 Å². The molecule has 0 radical (unpaired) electrons. The molecule has 0 saturated carbocycles. The molecule has 3 aromatic rings. The highest BCUT2D eigenvalue weighted by atomic mass is 35.5. The summed E-state index contributed by atoms with van der Waals surface area (Å²) in [4.78, 5) is 18.7. The predicted octanol–water partition coefficient (Wildman–Crippen LogP) is 3.43. The van der Waals surface area contributed by atoms with Crippen molar-refractivity contribution in [2.45, 2.75) is 19.8 Å². The number of ether oxygens (including phenoxy) is 1. The average molecular weight is 334 g/mol. The fraction of sp³-hybridized carbons (Fsp3) is 0.214. The Balaban J connectivity index is 1.99. The van der Waals surface area contributed by atoms with E-state index in [1.165, 1.54) is 29.0 Å². The van der Waals surface area contributed by atoms with Crippen molar-refractivity contribution in [2.75, 3.05) is 0 Å². The first-order valence-electron chi connectivity index (χ1n) is 6.90. The highest BCUT2D eigenvalue weighted by Gasteiger charge is 2.14. The van der Waals surface area contributed by atoms with Crippen LogP contribution in [0.25, 0.3) is 5.78 Å². The van der Waals surface area contributed by atoms with Crippen LogP contribution in [0.1, 0.15) is 19.0 Å². The first-order valence-corrected chi connectivity index (χ1v) is 7.27. The normalized spacial score (nSPS) is 10.9. The fourth-order valence-electron chi connectivity index (χ4n) is 2.11. The van der Waals surface area contributed by atoms with E-state index in [0.717, 1.165) is 18.5 Å². The van der Waals surface area contributed by atoms with Gasteiger partial charge in [0.15, 0.2) is 0 Å². The summed E-state index contributed by atoms with van der Waals surface area (Å²) in [6.07, 6.45) is 3.09. The summed E-state index contributed by atoms with van der Waals surface area (Å²) >= 11 is 5.90. The second-order valence-corrected chi connectivity index (χ2v) is 5.19. The van der Waals surface area contributed by atoms with E-state index in [0.29, 0.717) is 17.4 Å². The molecular weight excluding hydrogens is 322 g/mol. The topological polar surface area (TPSA) is 95.5 Å². The molecule has 0 atom stereocenters. The number of aryl methyl sites for hydroxylation is 1. The lowest BCUT2D eigenvalue weighted by Crippen LogP contribution is -2.01. The van der Waals surface area contributed by atoms with Crippen LogP contribution in [0.2, 0.25) is 5.02 Å². The molecule has 0 spiro atoms. The lowest BCUT2D eigenvalue weighted by molar-refractivity contribution is -0.384. The Kier molecular flexibility index (Phi) is 4.07. The van der Waals surface area contributed by atoms with E-state index in [-0.39, 0.29) is 10.7 Å². The highest BCUT2D eigenvalue weighted by Crippen LogP contribution is 2.31. The van der Waals surface area contributed by atoms with Gasteiger partial charge in [0.1, 0.15) is 17.1 Å². The lowest BCUT2D eigenvalue weighted by atomic mass is 10.2. The Labute approximate surface area is 135 Å². The number of halogens is 1. The summed E-state index contributed by atoms with van der Waals surface area (Å²) in [7, 11) is 0. The molecule has 2 heterocycles. The average Bonchev–Trinajstić information content (AvgIpc) is 2.96. The van der Waals surface area contributed by atoms with Crippen LogP contribution >= 0.6 is 11.6 Å². The molecule has 2 aromatic heterocycles. The second kappa shape index (κ2) is 6.17. The summed E-state index contributed by atoms with van der Waals surface area (Å²) in [5.41, 5.74) is 0.655. The predicted molar refractivity (Wildman–Crippen MR) is 83.0 cm³/mol. The molecule has 0 fully saturated rings. The Bertz CT molecular complexity index is 880. The van der Waals surface area contributed by atoms with Crippen molar-refractivity contribution < 1.29 is 9.66 Å². The molecule has 0 aliphatic rings. The summed E-state index contributed by atoms with van der Waals surface area (Å²) in [5, 5.41) is 14.9. The summed E-state index contributed by atoms with van der Waals surface area (Å²) in [6.45, 7) is 2.05. The van der Waals surface area contributed by atoms with Gasteiger partial charge in [0.05, 0.1) is 4.92 Å². The van der Waals surface area contributed by atoms with Crippen LogP contribution in [0.15, 0.2) is 30.6 Å². The minimum Gasteiger partial charge on any atom is -0.439 e. The number of rotatable bonds is 5. The molecular formula is C14H12ClN5O3. The van der Waals surface area contributed by atoms with Gasteiger partial charge in [0, 0.05) is 23.9 Å². The van der Waals surface area contributed by atoms with Gasteiger partial charge in [-0.3, -0.25) is 10.1 Å². The summed E-state index contributed by atoms with van der Waals surface area (Å²) < 4.78 is 7.22. The highest BCUT2D eigenvalue weighted by molar-refractivity contribution is 6.32. The van der Waals surface area contributed by atoms with Crippen molar-refractivity contribution >= 4 is 23.1 Å². The SMILES string of the molecule is CCCc1cc(Oc2ccc([N+](=O)[O-])c(Cl)c2)n2ncnc2n1. The van der Waals surface area contributed by atoms with Crippen molar-refractivity contribution in [2.24, 2.45) is 0 Å². The number of hydrogen-bond donors (Lipinski definition) is 0. The second-order valence-electron chi connectivity index (χ2n) is 4.78. The van der Waals surface area contributed by atoms with Crippen molar-refractivity contribution in [3.63, 3.8) is 0 Å². The van der Waals surface area contributed by atoms with Crippen LogP contribution in [0, 0.1) is 10.1 Å². The molecule has 0 aliphatic heterocycles. The van der Waals surface area contributed by atoms with Gasteiger partial charge in [-0.2, -0.15) is 14.6 Å². The number of nitrogens with zero attached hydrogens (tertiary/aromatic N) is 5. The zero-order valence-corrected chi connectivity index (χ0v) is 12.9. The van der Waals surface area contributed by atoms with Crippen molar-refractivity contribution in [1.82, 2.24) is 19.6 Å². The van der Waals surface area contributed by atoms with Gasteiger partial charge in [-0.1, -0.05) is 24.9 Å². The number of nitro groups is 1. The van der Waals surface area contributed by atoms with Gasteiger partial charge in [0.2, 0.25) is 5.88 Å². The van der Waals surface area contributed by atoms with Crippen molar-refractivity contribution in [3.05, 3.63) is 51.4 Å². The first-order chi connectivity index (χ1) is 11.1. The molecule has 0 N–H and O–H groups in total. The smallest absolute Gasteiger partial charge is 0.288 e. The van der Waals surface area contributed by atoms with Crippen LogP contribution in [-0.4, -0.2) is 24.5 Å². The maximum Gasteiger partial charge on any atom is 0.288 e. The van der Waals surface area contributed by atoms with Gasteiger partial charge in [-0.25, -0.2) is 4.98 Å². The Morgan fingerprint density at radius 2 is 2.22 bits per heavy atom. The molecule has 3 rings (SSSR count).